The van der Waals surface area contributed by atoms with Gasteiger partial charge in [0.1, 0.15) is 5.82 Å². The minimum Gasteiger partial charge on any atom is -0.462 e. The van der Waals surface area contributed by atoms with E-state index in [1.807, 2.05) is 0 Å². The Kier molecular flexibility index (Phi) is 4.41. The second-order valence-electron chi connectivity index (χ2n) is 5.61. The molecule has 7 heteroatoms. The van der Waals surface area contributed by atoms with E-state index in [1.54, 1.807) is 6.92 Å². The summed E-state index contributed by atoms with van der Waals surface area (Å²) in [6.07, 6.45) is 2.67. The zero-order valence-electron chi connectivity index (χ0n) is 13.0. The van der Waals surface area contributed by atoms with Crippen LogP contribution in [0.3, 0.4) is 0 Å². The van der Waals surface area contributed by atoms with E-state index in [0.717, 1.165) is 29.9 Å². The fourth-order valence-electron chi connectivity index (χ4n) is 3.03. The highest BCUT2D eigenvalue weighted by molar-refractivity contribution is 6.35. The molecule has 1 aliphatic heterocycles. The highest BCUT2D eigenvalue weighted by Crippen LogP contribution is 2.37. The number of nitrogens with zero attached hydrogens (tertiary/aromatic N) is 1. The van der Waals surface area contributed by atoms with Crippen molar-refractivity contribution >= 4 is 35.1 Å². The standard InChI is InChI=1S/C17H15ClFNO4/c1-2-24-17(23)11-7-14(13(19)8-12(11)18)20-15(21)9-5-3-4-6-10(9)16(20)22/h7-8H,2-6H2,1H3. The van der Waals surface area contributed by atoms with Gasteiger partial charge in [-0.1, -0.05) is 11.6 Å². The first-order valence-corrected chi connectivity index (χ1v) is 8.10. The number of imide groups is 1. The molecule has 0 spiro atoms. The van der Waals surface area contributed by atoms with Gasteiger partial charge in [0.05, 0.1) is 22.9 Å². The third-order valence-electron chi connectivity index (χ3n) is 4.16. The maximum absolute atomic E-state index is 14.4. The quantitative estimate of drug-likeness (QED) is 0.618. The summed E-state index contributed by atoms with van der Waals surface area (Å²) in [5, 5.41) is -0.133. The first kappa shape index (κ1) is 16.6. The van der Waals surface area contributed by atoms with Crippen LogP contribution in [0.2, 0.25) is 5.02 Å². The highest BCUT2D eigenvalue weighted by atomic mass is 35.5. The molecule has 1 heterocycles. The van der Waals surface area contributed by atoms with Crippen LogP contribution in [0.1, 0.15) is 43.0 Å². The lowest BCUT2D eigenvalue weighted by molar-refractivity contribution is -0.120. The molecule has 0 unspecified atom stereocenters. The molecule has 0 atom stereocenters. The SMILES string of the molecule is CCOC(=O)c1cc(N2C(=O)C3=C(CCCC3)C2=O)c(F)cc1Cl. The van der Waals surface area contributed by atoms with Crippen LogP contribution in [0, 0.1) is 5.82 Å². The number of amides is 2. The normalized spacial score (nSPS) is 17.4. The van der Waals surface area contributed by atoms with Crippen molar-refractivity contribution in [1.82, 2.24) is 0 Å². The Morgan fingerprint density at radius 1 is 1.21 bits per heavy atom. The van der Waals surface area contributed by atoms with E-state index in [0.29, 0.717) is 24.0 Å². The fourth-order valence-corrected chi connectivity index (χ4v) is 3.26. The fraction of sp³-hybridized carbons (Fsp3) is 0.353. The van der Waals surface area contributed by atoms with Crippen LogP contribution in [0.4, 0.5) is 10.1 Å². The van der Waals surface area contributed by atoms with E-state index < -0.39 is 23.6 Å². The minimum atomic E-state index is -0.838. The van der Waals surface area contributed by atoms with Gasteiger partial charge in [0.25, 0.3) is 11.8 Å². The number of benzene rings is 1. The molecule has 2 amide bonds. The van der Waals surface area contributed by atoms with Crippen LogP contribution in [0.15, 0.2) is 23.3 Å². The Bertz CT molecular complexity index is 759. The number of esters is 1. The van der Waals surface area contributed by atoms with Crippen molar-refractivity contribution < 1.29 is 23.5 Å². The lowest BCUT2D eigenvalue weighted by atomic mass is 9.93. The third kappa shape index (κ3) is 2.60. The molecule has 126 valence electrons. The van der Waals surface area contributed by atoms with Gasteiger partial charge in [-0.2, -0.15) is 0 Å². The monoisotopic (exact) mass is 351 g/mol. The number of halogens is 2. The molecule has 5 nitrogen and oxygen atoms in total. The van der Waals surface area contributed by atoms with Crippen molar-refractivity contribution in [3.63, 3.8) is 0 Å². The number of hydrogen-bond donors (Lipinski definition) is 0. The van der Waals surface area contributed by atoms with E-state index >= 15 is 0 Å². The van der Waals surface area contributed by atoms with Crippen molar-refractivity contribution in [3.8, 4) is 0 Å². The zero-order valence-corrected chi connectivity index (χ0v) is 13.8. The van der Waals surface area contributed by atoms with E-state index in [1.165, 1.54) is 0 Å². The van der Waals surface area contributed by atoms with Crippen LogP contribution in [0.5, 0.6) is 0 Å². The molecule has 0 bridgehead atoms. The van der Waals surface area contributed by atoms with Crippen LogP contribution >= 0.6 is 11.6 Å². The Morgan fingerprint density at radius 3 is 2.33 bits per heavy atom. The van der Waals surface area contributed by atoms with Gasteiger partial charge < -0.3 is 4.74 Å². The molecule has 1 aliphatic carbocycles. The molecule has 0 fully saturated rings. The lowest BCUT2D eigenvalue weighted by Gasteiger charge is -2.17. The molecule has 0 radical (unpaired) electrons. The average Bonchev–Trinajstić information content (AvgIpc) is 2.80. The smallest absolute Gasteiger partial charge is 0.339 e. The summed E-state index contributed by atoms with van der Waals surface area (Å²) in [6, 6.07) is 2.02. The average molecular weight is 352 g/mol. The predicted molar refractivity (Wildman–Crippen MR) is 85.4 cm³/mol. The minimum absolute atomic E-state index is 0.0830. The Balaban J connectivity index is 2.04. The Labute approximate surface area is 143 Å². The van der Waals surface area contributed by atoms with Crippen LogP contribution < -0.4 is 4.90 Å². The van der Waals surface area contributed by atoms with E-state index in [9.17, 15) is 18.8 Å². The van der Waals surface area contributed by atoms with E-state index in [-0.39, 0.29) is 22.9 Å². The number of rotatable bonds is 3. The van der Waals surface area contributed by atoms with Gasteiger partial charge in [-0.05, 0) is 44.7 Å². The maximum Gasteiger partial charge on any atom is 0.339 e. The number of ether oxygens (including phenoxy) is 1. The van der Waals surface area contributed by atoms with Gasteiger partial charge >= 0.3 is 5.97 Å². The summed E-state index contributed by atoms with van der Waals surface area (Å²) in [4.78, 5) is 37.8. The van der Waals surface area contributed by atoms with Crippen molar-refractivity contribution in [3.05, 3.63) is 39.7 Å². The second kappa shape index (κ2) is 6.36. The van der Waals surface area contributed by atoms with Crippen molar-refractivity contribution in [1.29, 1.82) is 0 Å². The zero-order chi connectivity index (χ0) is 17.4. The first-order valence-electron chi connectivity index (χ1n) is 7.72. The lowest BCUT2D eigenvalue weighted by Crippen LogP contribution is -2.32. The molecule has 1 aromatic carbocycles. The van der Waals surface area contributed by atoms with Gasteiger partial charge in [-0.3, -0.25) is 9.59 Å². The summed E-state index contributed by atoms with van der Waals surface area (Å²) >= 11 is 5.89. The largest absolute Gasteiger partial charge is 0.462 e. The van der Waals surface area contributed by atoms with Crippen LogP contribution in [-0.4, -0.2) is 24.4 Å². The molecule has 0 saturated heterocycles. The number of hydrogen-bond acceptors (Lipinski definition) is 4. The maximum atomic E-state index is 14.4. The van der Waals surface area contributed by atoms with Gasteiger partial charge in [0, 0.05) is 11.1 Å². The second-order valence-corrected chi connectivity index (χ2v) is 6.02. The topological polar surface area (TPSA) is 63.7 Å². The van der Waals surface area contributed by atoms with Gasteiger partial charge in [-0.25, -0.2) is 14.1 Å². The molecule has 0 aromatic heterocycles. The van der Waals surface area contributed by atoms with Gasteiger partial charge in [-0.15, -0.1) is 0 Å². The van der Waals surface area contributed by atoms with Crippen molar-refractivity contribution in [2.45, 2.75) is 32.6 Å². The summed E-state index contributed by atoms with van der Waals surface area (Å²) in [7, 11) is 0. The third-order valence-corrected chi connectivity index (χ3v) is 4.48. The van der Waals surface area contributed by atoms with Gasteiger partial charge in [0.2, 0.25) is 0 Å². The summed E-state index contributed by atoms with van der Waals surface area (Å²) in [6.45, 7) is 1.75. The molecule has 0 saturated carbocycles. The molecule has 24 heavy (non-hydrogen) atoms. The molecule has 0 N–H and O–H groups in total. The van der Waals surface area contributed by atoms with Crippen LogP contribution in [0.25, 0.3) is 0 Å². The summed E-state index contributed by atoms with van der Waals surface area (Å²) in [5.41, 5.74) is 0.531. The molecular weight excluding hydrogens is 337 g/mol. The van der Waals surface area contributed by atoms with E-state index in [2.05, 4.69) is 0 Å². The van der Waals surface area contributed by atoms with Crippen molar-refractivity contribution in [2.75, 3.05) is 11.5 Å². The Morgan fingerprint density at radius 2 is 1.79 bits per heavy atom. The highest BCUT2D eigenvalue weighted by Gasteiger charge is 2.41. The molecule has 1 aromatic rings. The van der Waals surface area contributed by atoms with Crippen molar-refractivity contribution in [2.24, 2.45) is 0 Å². The van der Waals surface area contributed by atoms with Gasteiger partial charge in [0.15, 0.2) is 0 Å². The summed E-state index contributed by atoms with van der Waals surface area (Å²) < 4.78 is 19.2. The molecular formula is C17H15ClFNO4. The molecule has 3 rings (SSSR count). The molecule has 2 aliphatic rings. The van der Waals surface area contributed by atoms with Crippen LogP contribution in [-0.2, 0) is 14.3 Å². The predicted octanol–water partition coefficient (Wildman–Crippen LogP) is 3.40. The Hall–Kier alpha value is -2.21. The number of anilines is 1. The number of carbonyl (C=O) groups is 3. The first-order chi connectivity index (χ1) is 11.5. The summed E-state index contributed by atoms with van der Waals surface area (Å²) in [5.74, 6) is -2.62. The number of carbonyl (C=O) groups excluding carboxylic acids is 3. The van der Waals surface area contributed by atoms with E-state index in [4.69, 9.17) is 16.3 Å².